The first-order chi connectivity index (χ1) is 9.67. The van der Waals surface area contributed by atoms with E-state index in [0.717, 1.165) is 57.2 Å². The van der Waals surface area contributed by atoms with Gasteiger partial charge in [0.25, 0.3) is 0 Å². The van der Waals surface area contributed by atoms with Gasteiger partial charge in [0.2, 0.25) is 0 Å². The molecule has 0 aromatic carbocycles. The number of nitrogens with one attached hydrogen (secondary N) is 1. The second kappa shape index (κ2) is 4.70. The van der Waals surface area contributed by atoms with Crippen molar-refractivity contribution in [3.63, 3.8) is 0 Å². The van der Waals surface area contributed by atoms with Crippen LogP contribution in [0.4, 0.5) is 0 Å². The van der Waals surface area contributed by atoms with Crippen molar-refractivity contribution < 1.29 is 9.90 Å². The monoisotopic (exact) mass is 278 g/mol. The number of fused-ring (bicyclic) bond motifs is 1. The van der Waals surface area contributed by atoms with E-state index in [-0.39, 0.29) is 0 Å². The lowest BCUT2D eigenvalue weighted by molar-refractivity contribution is -0.147. The molecule has 112 valence electrons. The van der Waals surface area contributed by atoms with Crippen molar-refractivity contribution in [1.82, 2.24) is 10.2 Å². The highest BCUT2D eigenvalue weighted by Crippen LogP contribution is 2.44. The van der Waals surface area contributed by atoms with Crippen molar-refractivity contribution in [3.05, 3.63) is 0 Å². The first-order valence-corrected chi connectivity index (χ1v) is 8.41. The molecule has 4 fully saturated rings. The van der Waals surface area contributed by atoms with Crippen LogP contribution in [0.1, 0.15) is 44.9 Å². The largest absolute Gasteiger partial charge is 0.480 e. The van der Waals surface area contributed by atoms with Crippen LogP contribution in [0.3, 0.4) is 0 Å². The van der Waals surface area contributed by atoms with E-state index in [9.17, 15) is 9.90 Å². The first-order valence-electron chi connectivity index (χ1n) is 8.41. The maximum absolute atomic E-state index is 12.0. The summed E-state index contributed by atoms with van der Waals surface area (Å²) in [4.78, 5) is 14.5. The summed E-state index contributed by atoms with van der Waals surface area (Å²) in [6.45, 7) is 3.01. The van der Waals surface area contributed by atoms with Crippen molar-refractivity contribution in [2.75, 3.05) is 19.6 Å². The SMILES string of the molecule is O=C(O)C(CN1CC2CCCC2C1)(NC1CC1)C1CC1. The fourth-order valence-electron chi connectivity index (χ4n) is 4.58. The summed E-state index contributed by atoms with van der Waals surface area (Å²) in [5.74, 6) is 1.45. The molecule has 3 unspecified atom stereocenters. The number of aliphatic carboxylic acids is 1. The normalized spacial score (nSPS) is 36.8. The predicted octanol–water partition coefficient (Wildman–Crippen LogP) is 1.70. The van der Waals surface area contributed by atoms with E-state index in [1.807, 2.05) is 0 Å². The van der Waals surface area contributed by atoms with Crippen molar-refractivity contribution >= 4 is 5.97 Å². The van der Waals surface area contributed by atoms with Gasteiger partial charge < -0.3 is 10.0 Å². The quantitative estimate of drug-likeness (QED) is 0.776. The van der Waals surface area contributed by atoms with E-state index in [2.05, 4.69) is 10.2 Å². The molecule has 0 amide bonds. The van der Waals surface area contributed by atoms with Crippen LogP contribution in [-0.4, -0.2) is 47.2 Å². The number of hydrogen-bond acceptors (Lipinski definition) is 3. The molecule has 0 aromatic heterocycles. The van der Waals surface area contributed by atoms with Gasteiger partial charge in [-0.25, -0.2) is 0 Å². The number of carboxylic acid groups (broad SMARTS) is 1. The van der Waals surface area contributed by atoms with Crippen LogP contribution in [0.2, 0.25) is 0 Å². The Morgan fingerprint density at radius 3 is 2.25 bits per heavy atom. The van der Waals surface area contributed by atoms with Crippen LogP contribution in [0.15, 0.2) is 0 Å². The fourth-order valence-corrected chi connectivity index (χ4v) is 4.58. The second-order valence-electron chi connectivity index (χ2n) is 7.61. The first kappa shape index (κ1) is 13.1. The number of carboxylic acids is 1. The Balaban J connectivity index is 1.48. The molecule has 1 saturated heterocycles. The van der Waals surface area contributed by atoms with Gasteiger partial charge in [-0.3, -0.25) is 10.1 Å². The van der Waals surface area contributed by atoms with Crippen LogP contribution in [-0.2, 0) is 4.79 Å². The van der Waals surface area contributed by atoms with Crippen LogP contribution in [0.25, 0.3) is 0 Å². The molecule has 0 bridgehead atoms. The van der Waals surface area contributed by atoms with Gasteiger partial charge in [-0.2, -0.15) is 0 Å². The summed E-state index contributed by atoms with van der Waals surface area (Å²) < 4.78 is 0. The van der Waals surface area contributed by atoms with Crippen LogP contribution in [0.5, 0.6) is 0 Å². The minimum Gasteiger partial charge on any atom is -0.480 e. The number of carbonyl (C=O) groups is 1. The highest BCUT2D eigenvalue weighted by molar-refractivity contribution is 5.80. The van der Waals surface area contributed by atoms with Crippen LogP contribution < -0.4 is 5.32 Å². The van der Waals surface area contributed by atoms with E-state index in [1.165, 1.54) is 19.3 Å². The van der Waals surface area contributed by atoms with Crippen LogP contribution >= 0.6 is 0 Å². The molecule has 2 N–H and O–H groups in total. The number of likely N-dealkylation sites (tertiary alicyclic amines) is 1. The number of rotatable bonds is 6. The molecule has 4 rings (SSSR count). The average Bonchev–Trinajstić information content (AvgIpc) is 3.28. The third kappa shape index (κ3) is 2.27. The minimum atomic E-state index is -0.653. The summed E-state index contributed by atoms with van der Waals surface area (Å²) in [6.07, 6.45) is 8.61. The van der Waals surface area contributed by atoms with Gasteiger partial charge in [0.15, 0.2) is 0 Å². The molecule has 4 heteroatoms. The third-order valence-corrected chi connectivity index (χ3v) is 5.97. The van der Waals surface area contributed by atoms with Crippen molar-refractivity contribution in [2.24, 2.45) is 17.8 Å². The predicted molar refractivity (Wildman–Crippen MR) is 76.5 cm³/mol. The molecule has 3 atom stereocenters. The lowest BCUT2D eigenvalue weighted by atomic mass is 9.92. The Labute approximate surface area is 120 Å². The van der Waals surface area contributed by atoms with Gasteiger partial charge in [-0.1, -0.05) is 6.42 Å². The Bertz CT molecular complexity index is 393. The highest BCUT2D eigenvalue weighted by Gasteiger charge is 2.54. The molecule has 0 aromatic rings. The van der Waals surface area contributed by atoms with Crippen molar-refractivity contribution in [3.8, 4) is 0 Å². The third-order valence-electron chi connectivity index (χ3n) is 5.97. The maximum Gasteiger partial charge on any atom is 0.325 e. The Hall–Kier alpha value is -0.610. The van der Waals surface area contributed by atoms with Gasteiger partial charge in [-0.05, 0) is 56.3 Å². The summed E-state index contributed by atoms with van der Waals surface area (Å²) in [6, 6.07) is 0.466. The zero-order valence-corrected chi connectivity index (χ0v) is 12.2. The molecular formula is C16H26N2O2. The summed E-state index contributed by atoms with van der Waals surface area (Å²) in [5.41, 5.74) is -0.653. The van der Waals surface area contributed by atoms with Gasteiger partial charge in [-0.15, -0.1) is 0 Å². The van der Waals surface area contributed by atoms with E-state index < -0.39 is 11.5 Å². The van der Waals surface area contributed by atoms with E-state index >= 15 is 0 Å². The fraction of sp³-hybridized carbons (Fsp3) is 0.938. The molecule has 1 heterocycles. The van der Waals surface area contributed by atoms with Gasteiger partial charge in [0, 0.05) is 25.7 Å². The maximum atomic E-state index is 12.0. The smallest absolute Gasteiger partial charge is 0.325 e. The van der Waals surface area contributed by atoms with Gasteiger partial charge in [0.1, 0.15) is 5.54 Å². The van der Waals surface area contributed by atoms with E-state index in [4.69, 9.17) is 0 Å². The average molecular weight is 278 g/mol. The zero-order valence-electron chi connectivity index (χ0n) is 12.2. The molecule has 20 heavy (non-hydrogen) atoms. The summed E-state index contributed by atoms with van der Waals surface area (Å²) in [7, 11) is 0. The molecule has 3 aliphatic carbocycles. The zero-order chi connectivity index (χ0) is 13.7. The van der Waals surface area contributed by atoms with Crippen molar-refractivity contribution in [1.29, 1.82) is 0 Å². The number of hydrogen-bond donors (Lipinski definition) is 2. The molecule has 0 radical (unpaired) electrons. The second-order valence-corrected chi connectivity index (χ2v) is 7.61. The molecular weight excluding hydrogens is 252 g/mol. The van der Waals surface area contributed by atoms with Crippen molar-refractivity contribution in [2.45, 2.75) is 56.5 Å². The van der Waals surface area contributed by atoms with Crippen LogP contribution in [0, 0.1) is 17.8 Å². The minimum absolute atomic E-state index is 0.362. The summed E-state index contributed by atoms with van der Waals surface area (Å²) in [5, 5.41) is 13.4. The summed E-state index contributed by atoms with van der Waals surface area (Å²) >= 11 is 0. The lowest BCUT2D eigenvalue weighted by Crippen LogP contribution is -2.61. The standard InChI is InChI=1S/C16H26N2O2/c19-15(20)16(13-4-5-13,17-14-6-7-14)10-18-8-11-2-1-3-12(11)9-18/h11-14,17H,1-10H2,(H,19,20). The molecule has 3 saturated carbocycles. The molecule has 4 nitrogen and oxygen atoms in total. The van der Waals surface area contributed by atoms with Gasteiger partial charge in [0.05, 0.1) is 0 Å². The van der Waals surface area contributed by atoms with Gasteiger partial charge >= 0.3 is 5.97 Å². The van der Waals surface area contributed by atoms with E-state index in [0.29, 0.717) is 12.0 Å². The highest BCUT2D eigenvalue weighted by atomic mass is 16.4. The molecule has 4 aliphatic rings. The molecule has 0 spiro atoms. The Morgan fingerprint density at radius 2 is 1.75 bits per heavy atom. The topological polar surface area (TPSA) is 52.6 Å². The number of nitrogens with zero attached hydrogens (tertiary/aromatic N) is 1. The Morgan fingerprint density at radius 1 is 1.10 bits per heavy atom. The molecule has 1 aliphatic heterocycles. The Kier molecular flexibility index (Phi) is 3.08. The lowest BCUT2D eigenvalue weighted by Gasteiger charge is -2.35. The van der Waals surface area contributed by atoms with E-state index in [1.54, 1.807) is 0 Å².